The van der Waals surface area contributed by atoms with Gasteiger partial charge in [-0.3, -0.25) is 9.78 Å². The number of pyridine rings is 1. The number of rotatable bonds is 4. The van der Waals surface area contributed by atoms with Crippen LogP contribution in [0, 0.1) is 20.8 Å². The van der Waals surface area contributed by atoms with E-state index in [-0.39, 0.29) is 36.1 Å². The summed E-state index contributed by atoms with van der Waals surface area (Å²) in [5, 5.41) is 11.5. The van der Waals surface area contributed by atoms with E-state index in [1.165, 1.54) is 0 Å². The van der Waals surface area contributed by atoms with Gasteiger partial charge >= 0.3 is 5.97 Å². The molecule has 0 spiro atoms. The SMILES string of the molecule is COc1ccc2nc(C)cc(-c3c(C)n(CC(=O)O)c4ccc(C)cc34)c2c1.[Na]. The zero-order chi connectivity index (χ0) is 20.0. The van der Waals surface area contributed by atoms with Crippen molar-refractivity contribution in [2.45, 2.75) is 27.3 Å². The second-order valence-electron chi connectivity index (χ2n) is 7.16. The number of methoxy groups -OCH3 is 1. The molecule has 29 heavy (non-hydrogen) atoms. The summed E-state index contributed by atoms with van der Waals surface area (Å²) in [6.45, 7) is 5.93. The van der Waals surface area contributed by atoms with Crippen molar-refractivity contribution >= 4 is 57.3 Å². The summed E-state index contributed by atoms with van der Waals surface area (Å²) in [6, 6.07) is 14.1. The van der Waals surface area contributed by atoms with Crippen LogP contribution >= 0.6 is 0 Å². The third-order valence-electron chi connectivity index (χ3n) is 5.19. The first-order valence-corrected chi connectivity index (χ1v) is 9.16. The fourth-order valence-electron chi connectivity index (χ4n) is 3.95. The molecule has 5 nitrogen and oxygen atoms in total. The largest absolute Gasteiger partial charge is 0.497 e. The summed E-state index contributed by atoms with van der Waals surface area (Å²) in [6.07, 6.45) is 0. The molecule has 143 valence electrons. The van der Waals surface area contributed by atoms with Gasteiger partial charge in [-0.15, -0.1) is 0 Å². The number of carboxylic acids is 1. The van der Waals surface area contributed by atoms with E-state index >= 15 is 0 Å². The molecule has 0 aliphatic rings. The molecule has 0 unspecified atom stereocenters. The molecule has 0 aliphatic carbocycles. The molecule has 2 aromatic heterocycles. The minimum absolute atomic E-state index is 0. The molecule has 0 fully saturated rings. The summed E-state index contributed by atoms with van der Waals surface area (Å²) in [5.74, 6) is -0.0907. The van der Waals surface area contributed by atoms with Gasteiger partial charge in [0.2, 0.25) is 0 Å². The number of hydrogen-bond acceptors (Lipinski definition) is 3. The van der Waals surface area contributed by atoms with Gasteiger partial charge in [0.15, 0.2) is 0 Å². The van der Waals surface area contributed by atoms with E-state index in [1.807, 2.05) is 55.7 Å². The van der Waals surface area contributed by atoms with Gasteiger partial charge in [0.05, 0.1) is 12.6 Å². The number of nitrogens with zero attached hydrogens (tertiary/aromatic N) is 2. The van der Waals surface area contributed by atoms with Crippen LogP contribution in [0.2, 0.25) is 0 Å². The number of carbonyl (C=O) groups is 1. The van der Waals surface area contributed by atoms with Crippen LogP contribution < -0.4 is 4.74 Å². The Bertz CT molecular complexity index is 1240. The van der Waals surface area contributed by atoms with Gasteiger partial charge < -0.3 is 14.4 Å². The first-order chi connectivity index (χ1) is 13.4. The summed E-state index contributed by atoms with van der Waals surface area (Å²) >= 11 is 0. The van der Waals surface area contributed by atoms with Crippen molar-refractivity contribution < 1.29 is 14.6 Å². The Morgan fingerprint density at radius 3 is 2.52 bits per heavy atom. The molecule has 4 aromatic rings. The number of ether oxygens (including phenoxy) is 1. The average molecular weight is 397 g/mol. The third-order valence-corrected chi connectivity index (χ3v) is 5.19. The van der Waals surface area contributed by atoms with Gasteiger partial charge in [0.1, 0.15) is 12.3 Å². The number of carboxylic acid groups (broad SMARTS) is 1. The maximum atomic E-state index is 11.5. The molecule has 2 heterocycles. The fraction of sp³-hybridized carbons (Fsp3) is 0.217. The smallest absolute Gasteiger partial charge is 0.323 e. The van der Waals surface area contributed by atoms with E-state index in [0.29, 0.717) is 0 Å². The number of aliphatic carboxylic acids is 1. The molecule has 0 amide bonds. The molecular formula is C23H22N2NaO3. The molecule has 0 atom stereocenters. The van der Waals surface area contributed by atoms with E-state index in [9.17, 15) is 9.90 Å². The van der Waals surface area contributed by atoms with Gasteiger partial charge in [-0.2, -0.15) is 0 Å². The van der Waals surface area contributed by atoms with Gasteiger partial charge in [-0.05, 0) is 62.7 Å². The van der Waals surface area contributed by atoms with Crippen LogP contribution in [-0.4, -0.2) is 57.3 Å². The van der Waals surface area contributed by atoms with Gasteiger partial charge in [-0.1, -0.05) is 11.6 Å². The quantitative estimate of drug-likeness (QED) is 0.515. The van der Waals surface area contributed by atoms with Crippen molar-refractivity contribution in [1.82, 2.24) is 9.55 Å². The number of hydrogen-bond donors (Lipinski definition) is 1. The van der Waals surface area contributed by atoms with Crippen LogP contribution in [0.5, 0.6) is 5.75 Å². The Balaban J connectivity index is 0.00000240. The predicted molar refractivity (Wildman–Crippen MR) is 117 cm³/mol. The number of benzene rings is 2. The first kappa shape index (κ1) is 21.4. The molecule has 0 aliphatic heterocycles. The molecule has 0 bridgehead atoms. The minimum Gasteiger partial charge on any atom is -0.497 e. The summed E-state index contributed by atoms with van der Waals surface area (Å²) in [4.78, 5) is 16.1. The molecule has 2 aromatic carbocycles. The van der Waals surface area contributed by atoms with Crippen LogP contribution in [-0.2, 0) is 11.3 Å². The van der Waals surface area contributed by atoms with Crippen molar-refractivity contribution in [3.05, 3.63) is 59.4 Å². The van der Waals surface area contributed by atoms with E-state index in [2.05, 4.69) is 17.1 Å². The molecule has 1 radical (unpaired) electrons. The molecule has 0 saturated carbocycles. The number of aromatic nitrogens is 2. The van der Waals surface area contributed by atoms with Crippen LogP contribution in [0.25, 0.3) is 32.9 Å². The zero-order valence-corrected chi connectivity index (χ0v) is 19.4. The Kier molecular flexibility index (Phi) is 6.03. The van der Waals surface area contributed by atoms with Crippen molar-refractivity contribution in [2.24, 2.45) is 0 Å². The van der Waals surface area contributed by atoms with E-state index < -0.39 is 5.97 Å². The van der Waals surface area contributed by atoms with Crippen LogP contribution in [0.3, 0.4) is 0 Å². The minimum atomic E-state index is -0.857. The predicted octanol–water partition coefficient (Wildman–Crippen LogP) is 4.49. The van der Waals surface area contributed by atoms with Crippen molar-refractivity contribution in [3.8, 4) is 16.9 Å². The Morgan fingerprint density at radius 1 is 1.07 bits per heavy atom. The van der Waals surface area contributed by atoms with Crippen LogP contribution in [0.4, 0.5) is 0 Å². The molecule has 0 saturated heterocycles. The second-order valence-corrected chi connectivity index (χ2v) is 7.16. The average Bonchev–Trinajstić information content (AvgIpc) is 2.91. The Labute approximate surface area is 191 Å². The Hall–Kier alpha value is -2.34. The molecular weight excluding hydrogens is 375 g/mol. The van der Waals surface area contributed by atoms with Crippen molar-refractivity contribution in [3.63, 3.8) is 0 Å². The van der Waals surface area contributed by atoms with Gasteiger partial charge in [0, 0.05) is 62.8 Å². The Morgan fingerprint density at radius 2 is 1.83 bits per heavy atom. The maximum Gasteiger partial charge on any atom is 0.323 e. The second kappa shape index (κ2) is 8.19. The third kappa shape index (κ3) is 3.78. The number of aryl methyl sites for hydroxylation is 2. The molecule has 6 heteroatoms. The summed E-state index contributed by atoms with van der Waals surface area (Å²) < 4.78 is 7.30. The molecule has 4 rings (SSSR count). The van der Waals surface area contributed by atoms with E-state index in [0.717, 1.165) is 55.6 Å². The van der Waals surface area contributed by atoms with Gasteiger partial charge in [-0.25, -0.2) is 0 Å². The zero-order valence-electron chi connectivity index (χ0n) is 17.4. The topological polar surface area (TPSA) is 64.4 Å². The summed E-state index contributed by atoms with van der Waals surface area (Å²) in [5.41, 5.74) is 6.88. The van der Waals surface area contributed by atoms with Crippen molar-refractivity contribution in [2.75, 3.05) is 7.11 Å². The number of fused-ring (bicyclic) bond motifs is 2. The maximum absolute atomic E-state index is 11.5. The van der Waals surface area contributed by atoms with E-state index in [4.69, 9.17) is 4.74 Å². The van der Waals surface area contributed by atoms with Crippen molar-refractivity contribution in [1.29, 1.82) is 0 Å². The standard InChI is InChI=1S/C23H22N2O3.Na/c1-13-5-8-21-19(9-13)23(15(3)25(21)12-22(26)27)18-10-14(2)24-20-7-6-16(28-4)11-17(18)20;/h5-11H,12H2,1-4H3,(H,26,27);. The summed E-state index contributed by atoms with van der Waals surface area (Å²) in [7, 11) is 1.65. The van der Waals surface area contributed by atoms with Crippen LogP contribution in [0.15, 0.2) is 42.5 Å². The fourth-order valence-corrected chi connectivity index (χ4v) is 3.95. The first-order valence-electron chi connectivity index (χ1n) is 9.16. The van der Waals surface area contributed by atoms with Gasteiger partial charge in [0.25, 0.3) is 0 Å². The monoisotopic (exact) mass is 397 g/mol. The molecule has 1 N–H and O–H groups in total. The van der Waals surface area contributed by atoms with E-state index in [1.54, 1.807) is 7.11 Å². The van der Waals surface area contributed by atoms with Crippen LogP contribution in [0.1, 0.15) is 17.0 Å². The normalized spacial score (nSPS) is 10.9.